The van der Waals surface area contributed by atoms with Gasteiger partial charge in [0.15, 0.2) is 0 Å². The van der Waals surface area contributed by atoms with E-state index in [2.05, 4.69) is 69.2 Å². The van der Waals surface area contributed by atoms with E-state index in [0.717, 1.165) is 12.2 Å². The molecule has 0 bridgehead atoms. The summed E-state index contributed by atoms with van der Waals surface area (Å²) in [4.78, 5) is 4.54. The van der Waals surface area contributed by atoms with Crippen molar-refractivity contribution in [2.75, 3.05) is 6.54 Å². The molecule has 2 heteroatoms. The number of hydrogen-bond donors (Lipinski definition) is 1. The Bertz CT molecular complexity index is 567. The fourth-order valence-corrected chi connectivity index (χ4v) is 3.25. The molecule has 112 valence electrons. The number of aryl methyl sites for hydroxylation is 3. The molecule has 2 nitrogen and oxygen atoms in total. The van der Waals surface area contributed by atoms with Crippen LogP contribution >= 0.6 is 0 Å². The smallest absolute Gasteiger partial charge is 0.0450 e. The van der Waals surface area contributed by atoms with Crippen LogP contribution in [-0.2, 0) is 0 Å². The molecule has 2 unspecified atom stereocenters. The summed E-state index contributed by atoms with van der Waals surface area (Å²) in [5.74, 6) is 0.339. The second kappa shape index (κ2) is 6.86. The zero-order valence-electron chi connectivity index (χ0n) is 13.8. The normalized spacial score (nSPS) is 14.0. The molecule has 2 atom stereocenters. The number of benzene rings is 1. The Morgan fingerprint density at radius 2 is 1.76 bits per heavy atom. The van der Waals surface area contributed by atoms with Crippen LogP contribution in [0.3, 0.4) is 0 Å². The van der Waals surface area contributed by atoms with Gasteiger partial charge in [-0.1, -0.05) is 37.6 Å². The molecule has 0 spiro atoms. The Balaban J connectivity index is 2.44. The van der Waals surface area contributed by atoms with Crippen LogP contribution in [-0.4, -0.2) is 11.5 Å². The van der Waals surface area contributed by atoms with Crippen molar-refractivity contribution in [1.82, 2.24) is 10.3 Å². The molecular formula is C19H26N2. The van der Waals surface area contributed by atoms with Gasteiger partial charge >= 0.3 is 0 Å². The van der Waals surface area contributed by atoms with Gasteiger partial charge in [0, 0.05) is 23.9 Å². The lowest BCUT2D eigenvalue weighted by Gasteiger charge is -2.28. The minimum Gasteiger partial charge on any atom is -0.310 e. The maximum absolute atomic E-state index is 4.54. The Morgan fingerprint density at radius 1 is 1.10 bits per heavy atom. The summed E-state index contributed by atoms with van der Waals surface area (Å²) < 4.78 is 0. The minimum atomic E-state index is 0.297. The van der Waals surface area contributed by atoms with Gasteiger partial charge in [-0.15, -0.1) is 0 Å². The standard InChI is InChI=1S/C19H26N2/c1-6-20-19(16(5)17-9-7-8-10-21-17)18-14(3)11-13(2)12-15(18)4/h7-12,16,19-20H,6H2,1-5H3. The summed E-state index contributed by atoms with van der Waals surface area (Å²) in [6, 6.07) is 11.0. The fourth-order valence-electron chi connectivity index (χ4n) is 3.25. The van der Waals surface area contributed by atoms with Crippen LogP contribution in [0.2, 0.25) is 0 Å². The zero-order chi connectivity index (χ0) is 15.4. The average molecular weight is 282 g/mol. The molecule has 1 heterocycles. The topological polar surface area (TPSA) is 24.9 Å². The van der Waals surface area contributed by atoms with E-state index in [0.29, 0.717) is 12.0 Å². The molecule has 0 aliphatic carbocycles. The number of pyridine rings is 1. The lowest BCUT2D eigenvalue weighted by molar-refractivity contribution is 0.468. The monoisotopic (exact) mass is 282 g/mol. The third kappa shape index (κ3) is 3.51. The highest BCUT2D eigenvalue weighted by Gasteiger charge is 2.24. The van der Waals surface area contributed by atoms with E-state index in [-0.39, 0.29) is 0 Å². The summed E-state index contributed by atoms with van der Waals surface area (Å²) >= 11 is 0. The van der Waals surface area contributed by atoms with Gasteiger partial charge in [0.05, 0.1) is 0 Å². The lowest BCUT2D eigenvalue weighted by atomic mass is 9.85. The maximum atomic E-state index is 4.54. The molecule has 0 amide bonds. The number of nitrogens with one attached hydrogen (secondary N) is 1. The highest BCUT2D eigenvalue weighted by atomic mass is 14.9. The third-order valence-corrected chi connectivity index (χ3v) is 4.13. The highest BCUT2D eigenvalue weighted by Crippen LogP contribution is 2.33. The number of nitrogens with zero attached hydrogens (tertiary/aromatic N) is 1. The van der Waals surface area contributed by atoms with Crippen molar-refractivity contribution in [3.05, 3.63) is 64.5 Å². The summed E-state index contributed by atoms with van der Waals surface area (Å²) in [6.07, 6.45) is 1.88. The molecule has 0 radical (unpaired) electrons. The predicted molar refractivity (Wildman–Crippen MR) is 89.7 cm³/mol. The zero-order valence-corrected chi connectivity index (χ0v) is 13.8. The second-order valence-corrected chi connectivity index (χ2v) is 5.89. The average Bonchev–Trinajstić information content (AvgIpc) is 2.45. The molecule has 0 aliphatic heterocycles. The Morgan fingerprint density at radius 3 is 2.29 bits per heavy atom. The van der Waals surface area contributed by atoms with E-state index in [9.17, 15) is 0 Å². The van der Waals surface area contributed by atoms with Crippen molar-refractivity contribution in [2.45, 2.75) is 46.6 Å². The van der Waals surface area contributed by atoms with Gasteiger partial charge in [0.2, 0.25) is 0 Å². The number of aromatic nitrogens is 1. The quantitative estimate of drug-likeness (QED) is 0.875. The van der Waals surface area contributed by atoms with Crippen LogP contribution in [0, 0.1) is 20.8 Å². The van der Waals surface area contributed by atoms with Gasteiger partial charge in [-0.25, -0.2) is 0 Å². The van der Waals surface area contributed by atoms with Crippen LogP contribution in [0.15, 0.2) is 36.5 Å². The maximum Gasteiger partial charge on any atom is 0.0450 e. The molecular weight excluding hydrogens is 256 g/mol. The largest absolute Gasteiger partial charge is 0.310 e. The second-order valence-electron chi connectivity index (χ2n) is 5.89. The first-order valence-electron chi connectivity index (χ1n) is 7.76. The van der Waals surface area contributed by atoms with Gasteiger partial charge in [-0.2, -0.15) is 0 Å². The predicted octanol–water partition coefficient (Wildman–Crippen LogP) is 4.46. The van der Waals surface area contributed by atoms with E-state index >= 15 is 0 Å². The van der Waals surface area contributed by atoms with Crippen LogP contribution in [0.1, 0.15) is 53.8 Å². The van der Waals surface area contributed by atoms with E-state index in [1.807, 2.05) is 12.3 Å². The Hall–Kier alpha value is -1.67. The highest BCUT2D eigenvalue weighted by molar-refractivity contribution is 5.41. The summed E-state index contributed by atoms with van der Waals surface area (Å²) in [5, 5.41) is 3.66. The Kier molecular flexibility index (Phi) is 5.13. The van der Waals surface area contributed by atoms with Gasteiger partial charge in [-0.05, 0) is 56.1 Å². The molecule has 21 heavy (non-hydrogen) atoms. The summed E-state index contributed by atoms with van der Waals surface area (Å²) in [5.41, 5.74) is 6.61. The van der Waals surface area contributed by atoms with Crippen LogP contribution < -0.4 is 5.32 Å². The van der Waals surface area contributed by atoms with Crippen molar-refractivity contribution < 1.29 is 0 Å². The number of likely N-dealkylation sites (N-methyl/N-ethyl adjacent to an activating group) is 1. The van der Waals surface area contributed by atoms with E-state index in [4.69, 9.17) is 0 Å². The van der Waals surface area contributed by atoms with E-state index in [1.165, 1.54) is 22.3 Å². The van der Waals surface area contributed by atoms with Gasteiger partial charge in [-0.3, -0.25) is 4.98 Å². The van der Waals surface area contributed by atoms with Crippen molar-refractivity contribution >= 4 is 0 Å². The number of rotatable bonds is 5. The first kappa shape index (κ1) is 15.7. The molecule has 1 aromatic heterocycles. The van der Waals surface area contributed by atoms with Crippen molar-refractivity contribution in [3.63, 3.8) is 0 Å². The van der Waals surface area contributed by atoms with Crippen LogP contribution in [0.5, 0.6) is 0 Å². The molecule has 0 saturated carbocycles. The fraction of sp³-hybridized carbons (Fsp3) is 0.421. The van der Waals surface area contributed by atoms with E-state index in [1.54, 1.807) is 0 Å². The van der Waals surface area contributed by atoms with Crippen molar-refractivity contribution in [1.29, 1.82) is 0 Å². The van der Waals surface area contributed by atoms with Crippen molar-refractivity contribution in [3.8, 4) is 0 Å². The lowest BCUT2D eigenvalue weighted by Crippen LogP contribution is -2.27. The van der Waals surface area contributed by atoms with Crippen LogP contribution in [0.25, 0.3) is 0 Å². The van der Waals surface area contributed by atoms with Gasteiger partial charge in [0.25, 0.3) is 0 Å². The van der Waals surface area contributed by atoms with Gasteiger partial charge < -0.3 is 5.32 Å². The Labute approximate surface area is 128 Å². The molecule has 0 aliphatic rings. The van der Waals surface area contributed by atoms with E-state index < -0.39 is 0 Å². The molecule has 0 fully saturated rings. The summed E-state index contributed by atoms with van der Waals surface area (Å²) in [6.45, 7) is 12.0. The molecule has 2 aromatic rings. The molecule has 1 aromatic carbocycles. The van der Waals surface area contributed by atoms with Gasteiger partial charge in [0.1, 0.15) is 0 Å². The molecule has 0 saturated heterocycles. The molecule has 1 N–H and O–H groups in total. The SMILES string of the molecule is CCNC(c1c(C)cc(C)cc1C)C(C)c1ccccn1. The summed E-state index contributed by atoms with van der Waals surface area (Å²) in [7, 11) is 0. The van der Waals surface area contributed by atoms with Crippen molar-refractivity contribution in [2.24, 2.45) is 0 Å². The first-order valence-corrected chi connectivity index (χ1v) is 7.76. The minimum absolute atomic E-state index is 0.297. The number of hydrogen-bond acceptors (Lipinski definition) is 2. The van der Waals surface area contributed by atoms with Crippen LogP contribution in [0.4, 0.5) is 0 Å². The molecule has 2 rings (SSSR count). The first-order chi connectivity index (χ1) is 10.0. The third-order valence-electron chi connectivity index (χ3n) is 4.13.